The van der Waals surface area contributed by atoms with Crippen molar-refractivity contribution in [3.8, 4) is 0 Å². The van der Waals surface area contributed by atoms with Gasteiger partial charge in [0.15, 0.2) is 0 Å². The number of thioether (sulfide) groups is 1. The van der Waals surface area contributed by atoms with Crippen molar-refractivity contribution in [3.63, 3.8) is 0 Å². The van der Waals surface area contributed by atoms with Crippen LogP contribution in [0.15, 0.2) is 23.1 Å². The zero-order valence-corrected chi connectivity index (χ0v) is 11.1. The minimum atomic E-state index is -0.160. The van der Waals surface area contributed by atoms with Gasteiger partial charge in [-0.25, -0.2) is 4.39 Å². The van der Waals surface area contributed by atoms with Gasteiger partial charge in [0.1, 0.15) is 5.82 Å². The highest BCUT2D eigenvalue weighted by Gasteiger charge is 2.12. The highest BCUT2D eigenvalue weighted by atomic mass is 32.2. The number of hydrogen-bond acceptors (Lipinski definition) is 2. The van der Waals surface area contributed by atoms with Gasteiger partial charge in [0, 0.05) is 16.2 Å². The molecule has 0 aliphatic rings. The molecule has 2 N–H and O–H groups in total. The van der Waals surface area contributed by atoms with Crippen LogP contribution in [0.2, 0.25) is 0 Å². The van der Waals surface area contributed by atoms with Crippen molar-refractivity contribution in [1.82, 2.24) is 0 Å². The maximum atomic E-state index is 13.8. The summed E-state index contributed by atoms with van der Waals surface area (Å²) in [5.41, 5.74) is 6.56. The van der Waals surface area contributed by atoms with Crippen LogP contribution in [0.25, 0.3) is 0 Å². The molecule has 2 unspecified atom stereocenters. The highest BCUT2D eigenvalue weighted by molar-refractivity contribution is 8.00. The molecule has 1 aromatic rings. The predicted octanol–water partition coefficient (Wildman–Crippen LogP) is 3.98. The summed E-state index contributed by atoms with van der Waals surface area (Å²) in [6, 6.07) is 5.16. The first-order chi connectivity index (χ1) is 7.41. The van der Waals surface area contributed by atoms with E-state index in [1.807, 2.05) is 19.1 Å². The molecule has 0 aromatic heterocycles. The molecule has 1 rings (SSSR count). The van der Waals surface area contributed by atoms with Crippen molar-refractivity contribution in [1.29, 1.82) is 0 Å². The standard InChI is InChI=1S/C13H20FNS/c1-8(2)10(4)16-13-6-5-11(9(3)15)7-12(13)14/h5-10H,15H2,1-4H3. The summed E-state index contributed by atoms with van der Waals surface area (Å²) in [4.78, 5) is 0.714. The maximum absolute atomic E-state index is 13.8. The zero-order valence-electron chi connectivity index (χ0n) is 10.3. The van der Waals surface area contributed by atoms with Crippen LogP contribution in [0.3, 0.4) is 0 Å². The fourth-order valence-electron chi connectivity index (χ4n) is 1.23. The van der Waals surface area contributed by atoms with E-state index in [1.165, 1.54) is 0 Å². The molecular formula is C13H20FNS. The summed E-state index contributed by atoms with van der Waals surface area (Å²) < 4.78 is 13.8. The van der Waals surface area contributed by atoms with E-state index in [0.717, 1.165) is 5.56 Å². The number of benzene rings is 1. The third-order valence-corrected chi connectivity index (χ3v) is 4.23. The highest BCUT2D eigenvalue weighted by Crippen LogP contribution is 2.30. The van der Waals surface area contributed by atoms with Crippen LogP contribution in [-0.4, -0.2) is 5.25 Å². The van der Waals surface area contributed by atoms with E-state index >= 15 is 0 Å². The number of nitrogens with two attached hydrogens (primary N) is 1. The van der Waals surface area contributed by atoms with Gasteiger partial charge in [-0.15, -0.1) is 11.8 Å². The average molecular weight is 241 g/mol. The van der Waals surface area contributed by atoms with Crippen LogP contribution >= 0.6 is 11.8 Å². The molecule has 0 spiro atoms. The minimum absolute atomic E-state index is 0.115. The number of halogens is 1. The largest absolute Gasteiger partial charge is 0.324 e. The van der Waals surface area contributed by atoms with Gasteiger partial charge in [0.25, 0.3) is 0 Å². The predicted molar refractivity (Wildman–Crippen MR) is 69.2 cm³/mol. The summed E-state index contributed by atoms with van der Waals surface area (Å²) in [7, 11) is 0. The average Bonchev–Trinajstić information content (AvgIpc) is 2.20. The lowest BCUT2D eigenvalue weighted by Crippen LogP contribution is -2.07. The van der Waals surface area contributed by atoms with Gasteiger partial charge in [0.2, 0.25) is 0 Å². The fraction of sp³-hybridized carbons (Fsp3) is 0.538. The lowest BCUT2D eigenvalue weighted by Gasteiger charge is -2.16. The molecule has 0 saturated heterocycles. The fourth-order valence-corrected chi connectivity index (χ4v) is 2.22. The molecule has 0 bridgehead atoms. The minimum Gasteiger partial charge on any atom is -0.324 e. The molecule has 0 heterocycles. The summed E-state index contributed by atoms with van der Waals surface area (Å²) in [5.74, 6) is 0.379. The quantitative estimate of drug-likeness (QED) is 0.807. The first kappa shape index (κ1) is 13.5. The van der Waals surface area contributed by atoms with Crippen LogP contribution in [0.4, 0.5) is 4.39 Å². The Morgan fingerprint density at radius 1 is 1.19 bits per heavy atom. The summed E-state index contributed by atoms with van der Waals surface area (Å²) in [6.45, 7) is 8.27. The number of hydrogen-bond donors (Lipinski definition) is 1. The molecule has 3 heteroatoms. The monoisotopic (exact) mass is 241 g/mol. The van der Waals surface area contributed by atoms with E-state index in [0.29, 0.717) is 16.1 Å². The zero-order chi connectivity index (χ0) is 12.3. The Morgan fingerprint density at radius 2 is 1.81 bits per heavy atom. The van der Waals surface area contributed by atoms with E-state index < -0.39 is 0 Å². The second kappa shape index (κ2) is 5.69. The first-order valence-electron chi connectivity index (χ1n) is 5.63. The first-order valence-corrected chi connectivity index (χ1v) is 6.51. The second-order valence-electron chi connectivity index (χ2n) is 4.55. The summed E-state index contributed by atoms with van der Waals surface area (Å²) in [6.07, 6.45) is 0. The molecule has 0 radical (unpaired) electrons. The molecule has 0 fully saturated rings. The van der Waals surface area contributed by atoms with Gasteiger partial charge < -0.3 is 5.73 Å². The van der Waals surface area contributed by atoms with Gasteiger partial charge in [-0.3, -0.25) is 0 Å². The van der Waals surface area contributed by atoms with Crippen LogP contribution in [-0.2, 0) is 0 Å². The Bertz CT molecular complexity index is 350. The SMILES string of the molecule is CC(N)c1ccc(SC(C)C(C)C)c(F)c1. The third kappa shape index (κ3) is 3.49. The Kier molecular flexibility index (Phi) is 4.81. The summed E-state index contributed by atoms with van der Waals surface area (Å²) in [5, 5.41) is 0.413. The Morgan fingerprint density at radius 3 is 2.25 bits per heavy atom. The van der Waals surface area contributed by atoms with E-state index in [2.05, 4.69) is 20.8 Å². The van der Waals surface area contributed by atoms with Gasteiger partial charge in [-0.05, 0) is 30.5 Å². The molecule has 0 amide bonds. The van der Waals surface area contributed by atoms with E-state index in [1.54, 1.807) is 17.8 Å². The second-order valence-corrected chi connectivity index (χ2v) is 5.96. The van der Waals surface area contributed by atoms with Crippen molar-refractivity contribution in [2.45, 2.75) is 43.9 Å². The normalized spacial score (nSPS) is 15.2. The van der Waals surface area contributed by atoms with Crippen LogP contribution in [0, 0.1) is 11.7 Å². The molecule has 1 aromatic carbocycles. The molecular weight excluding hydrogens is 221 g/mol. The summed E-state index contributed by atoms with van der Waals surface area (Å²) >= 11 is 1.58. The molecule has 0 aliphatic heterocycles. The van der Waals surface area contributed by atoms with Gasteiger partial charge in [0.05, 0.1) is 0 Å². The van der Waals surface area contributed by atoms with Gasteiger partial charge in [-0.1, -0.05) is 26.8 Å². The lowest BCUT2D eigenvalue weighted by atomic mass is 10.1. The lowest BCUT2D eigenvalue weighted by molar-refractivity contribution is 0.593. The van der Waals surface area contributed by atoms with Crippen molar-refractivity contribution in [3.05, 3.63) is 29.6 Å². The van der Waals surface area contributed by atoms with Crippen molar-refractivity contribution in [2.24, 2.45) is 11.7 Å². The van der Waals surface area contributed by atoms with Gasteiger partial charge in [-0.2, -0.15) is 0 Å². The molecule has 2 atom stereocenters. The maximum Gasteiger partial charge on any atom is 0.137 e. The Labute approximate surface area is 102 Å². The molecule has 16 heavy (non-hydrogen) atoms. The smallest absolute Gasteiger partial charge is 0.137 e. The molecule has 0 saturated carbocycles. The Balaban J connectivity index is 2.83. The van der Waals surface area contributed by atoms with E-state index in [4.69, 9.17) is 5.73 Å². The third-order valence-electron chi connectivity index (χ3n) is 2.73. The van der Waals surface area contributed by atoms with Crippen molar-refractivity contribution < 1.29 is 4.39 Å². The van der Waals surface area contributed by atoms with Gasteiger partial charge >= 0.3 is 0 Å². The number of rotatable bonds is 4. The Hall–Kier alpha value is -0.540. The van der Waals surface area contributed by atoms with E-state index in [9.17, 15) is 4.39 Å². The van der Waals surface area contributed by atoms with Crippen LogP contribution < -0.4 is 5.73 Å². The molecule has 0 aliphatic carbocycles. The molecule has 1 nitrogen and oxygen atoms in total. The van der Waals surface area contributed by atoms with Crippen molar-refractivity contribution >= 4 is 11.8 Å². The topological polar surface area (TPSA) is 26.0 Å². The van der Waals surface area contributed by atoms with Crippen LogP contribution in [0.5, 0.6) is 0 Å². The van der Waals surface area contributed by atoms with Crippen molar-refractivity contribution in [2.75, 3.05) is 0 Å². The van der Waals surface area contributed by atoms with Crippen LogP contribution in [0.1, 0.15) is 39.3 Å². The van der Waals surface area contributed by atoms with E-state index in [-0.39, 0.29) is 11.9 Å². The molecule has 90 valence electrons.